The lowest BCUT2D eigenvalue weighted by atomic mass is 10.1. The van der Waals surface area contributed by atoms with Crippen molar-refractivity contribution in [1.82, 2.24) is 9.78 Å². The Labute approximate surface area is 174 Å². The van der Waals surface area contributed by atoms with Gasteiger partial charge in [-0.2, -0.15) is 5.10 Å². The zero-order chi connectivity index (χ0) is 21.3. The Hall–Kier alpha value is -3.00. The van der Waals surface area contributed by atoms with Crippen LogP contribution in [0.1, 0.15) is 31.4 Å². The second kappa shape index (κ2) is 8.02. The van der Waals surface area contributed by atoms with Gasteiger partial charge < -0.3 is 5.32 Å². The molecule has 7 nitrogen and oxygen atoms in total. The van der Waals surface area contributed by atoms with E-state index in [9.17, 15) is 18.0 Å². The summed E-state index contributed by atoms with van der Waals surface area (Å²) in [6.07, 6.45) is 3.29. The average Bonchev–Trinajstić information content (AvgIpc) is 3.28. The molecular formula is C22H23N3O4S. The van der Waals surface area contributed by atoms with Gasteiger partial charge >= 0.3 is 0 Å². The summed E-state index contributed by atoms with van der Waals surface area (Å²) in [6, 6.07) is 13.3. The summed E-state index contributed by atoms with van der Waals surface area (Å²) < 4.78 is 26.4. The second-order valence-corrected chi connectivity index (χ2v) is 9.85. The number of nitrogens with one attached hydrogen (secondary N) is 1. The summed E-state index contributed by atoms with van der Waals surface area (Å²) in [5.41, 5.74) is 0.805. The van der Waals surface area contributed by atoms with E-state index in [2.05, 4.69) is 10.4 Å². The molecule has 3 aromatic rings. The van der Waals surface area contributed by atoms with Gasteiger partial charge in [-0.15, -0.1) is 0 Å². The number of aryl methyl sites for hydroxylation is 1. The molecule has 0 unspecified atom stereocenters. The number of fused-ring (bicyclic) bond motifs is 1. The van der Waals surface area contributed by atoms with Crippen LogP contribution in [0, 0.1) is 6.92 Å². The number of anilines is 1. The summed E-state index contributed by atoms with van der Waals surface area (Å²) in [6.45, 7) is 1.56. The van der Waals surface area contributed by atoms with Gasteiger partial charge in [-0.05, 0) is 50.1 Å². The maximum atomic E-state index is 12.7. The molecule has 1 saturated carbocycles. The molecule has 30 heavy (non-hydrogen) atoms. The number of hydrogen-bond donors (Lipinski definition) is 1. The number of rotatable bonds is 5. The fourth-order valence-electron chi connectivity index (χ4n) is 3.97. The second-order valence-electron chi connectivity index (χ2n) is 7.62. The van der Waals surface area contributed by atoms with E-state index in [1.807, 2.05) is 12.1 Å². The van der Waals surface area contributed by atoms with E-state index < -0.39 is 15.7 Å². The maximum absolute atomic E-state index is 12.7. The molecule has 0 bridgehead atoms. The highest BCUT2D eigenvalue weighted by atomic mass is 32.2. The van der Waals surface area contributed by atoms with E-state index >= 15 is 0 Å². The Morgan fingerprint density at radius 1 is 1.07 bits per heavy atom. The number of hydrogen-bond acceptors (Lipinski definition) is 5. The van der Waals surface area contributed by atoms with Crippen LogP contribution in [0.5, 0.6) is 0 Å². The Bertz CT molecular complexity index is 1260. The molecule has 1 aromatic heterocycles. The topological polar surface area (TPSA) is 98.1 Å². The maximum Gasteiger partial charge on any atom is 0.275 e. The largest absolute Gasteiger partial charge is 0.324 e. The predicted octanol–water partition coefficient (Wildman–Crippen LogP) is 3.06. The normalized spacial score (nSPS) is 14.8. The van der Waals surface area contributed by atoms with E-state index in [1.165, 1.54) is 12.1 Å². The number of carbonyl (C=O) groups is 1. The van der Waals surface area contributed by atoms with Gasteiger partial charge in [0.25, 0.3) is 5.56 Å². The number of sulfone groups is 1. The average molecular weight is 426 g/mol. The van der Waals surface area contributed by atoms with Gasteiger partial charge in [0.15, 0.2) is 9.84 Å². The fourth-order valence-corrected chi connectivity index (χ4v) is 5.82. The monoisotopic (exact) mass is 425 g/mol. The first-order valence-corrected chi connectivity index (χ1v) is 11.5. The Kier molecular flexibility index (Phi) is 5.42. The summed E-state index contributed by atoms with van der Waals surface area (Å²) in [7, 11) is -3.33. The minimum absolute atomic E-state index is 0.230. The number of carbonyl (C=O) groups excluding carboxylic acids is 1. The van der Waals surface area contributed by atoms with Crippen LogP contribution in [0.3, 0.4) is 0 Å². The Morgan fingerprint density at radius 3 is 2.37 bits per heavy atom. The molecule has 0 spiro atoms. The van der Waals surface area contributed by atoms with E-state index in [4.69, 9.17) is 0 Å². The van der Waals surface area contributed by atoms with Gasteiger partial charge in [0.2, 0.25) is 5.91 Å². The van der Waals surface area contributed by atoms with Crippen LogP contribution >= 0.6 is 0 Å². The van der Waals surface area contributed by atoms with Crippen LogP contribution in [0.15, 0.2) is 58.2 Å². The lowest BCUT2D eigenvalue weighted by Crippen LogP contribution is -2.30. The molecule has 4 rings (SSSR count). The number of nitrogens with zero attached hydrogens (tertiary/aromatic N) is 2. The molecule has 1 amide bonds. The van der Waals surface area contributed by atoms with Crippen molar-refractivity contribution in [3.8, 4) is 0 Å². The zero-order valence-corrected chi connectivity index (χ0v) is 17.5. The SMILES string of the molecule is Cc1nn(CC(=O)Nc2ccc(S(=O)(=O)C3CCCC3)cc2)c(=O)c2ccccc12. The molecular weight excluding hydrogens is 402 g/mol. The third-order valence-corrected chi connectivity index (χ3v) is 7.83. The zero-order valence-electron chi connectivity index (χ0n) is 16.7. The molecule has 1 aliphatic rings. The highest BCUT2D eigenvalue weighted by Gasteiger charge is 2.30. The molecule has 2 aromatic carbocycles. The van der Waals surface area contributed by atoms with E-state index in [0.717, 1.165) is 22.9 Å². The first kappa shape index (κ1) is 20.3. The summed E-state index contributed by atoms with van der Waals surface area (Å²) in [5.74, 6) is -0.411. The predicted molar refractivity (Wildman–Crippen MR) is 115 cm³/mol. The number of aromatic nitrogens is 2. The number of amides is 1. The molecule has 156 valence electrons. The van der Waals surface area contributed by atoms with Crippen LogP contribution in [-0.2, 0) is 21.2 Å². The lowest BCUT2D eigenvalue weighted by molar-refractivity contribution is -0.117. The van der Waals surface area contributed by atoms with Gasteiger partial charge in [-0.1, -0.05) is 31.0 Å². The van der Waals surface area contributed by atoms with Crippen molar-refractivity contribution in [2.75, 3.05) is 5.32 Å². The highest BCUT2D eigenvalue weighted by Crippen LogP contribution is 2.30. The summed E-state index contributed by atoms with van der Waals surface area (Å²) in [5, 5.41) is 7.90. The van der Waals surface area contributed by atoms with Gasteiger partial charge in [0.05, 0.1) is 21.2 Å². The standard InChI is InChI=1S/C22H23N3O4S/c1-15-19-8-4-5-9-20(19)22(27)25(24-15)14-21(26)23-16-10-12-18(13-11-16)30(28,29)17-6-2-3-7-17/h4-5,8-13,17H,2-3,6-7,14H2,1H3,(H,23,26). The van der Waals surface area contributed by atoms with Crippen molar-refractivity contribution in [3.05, 3.63) is 64.6 Å². The molecule has 0 saturated heterocycles. The van der Waals surface area contributed by atoms with E-state index in [1.54, 1.807) is 31.2 Å². The van der Waals surface area contributed by atoms with E-state index in [0.29, 0.717) is 29.6 Å². The third kappa shape index (κ3) is 3.87. The van der Waals surface area contributed by atoms with Gasteiger partial charge in [-0.3, -0.25) is 9.59 Å². The fraction of sp³-hybridized carbons (Fsp3) is 0.318. The first-order chi connectivity index (χ1) is 14.4. The summed E-state index contributed by atoms with van der Waals surface area (Å²) >= 11 is 0. The Balaban J connectivity index is 1.49. The van der Waals surface area contributed by atoms with Crippen LogP contribution in [0.25, 0.3) is 10.8 Å². The van der Waals surface area contributed by atoms with Crippen molar-refractivity contribution in [3.63, 3.8) is 0 Å². The van der Waals surface area contributed by atoms with Crippen molar-refractivity contribution in [2.45, 2.75) is 49.3 Å². The van der Waals surface area contributed by atoms with E-state index in [-0.39, 0.29) is 22.2 Å². The molecule has 1 fully saturated rings. The Morgan fingerprint density at radius 2 is 1.70 bits per heavy atom. The highest BCUT2D eigenvalue weighted by molar-refractivity contribution is 7.92. The van der Waals surface area contributed by atoms with Gasteiger partial charge in [-0.25, -0.2) is 13.1 Å². The van der Waals surface area contributed by atoms with Crippen LogP contribution in [-0.4, -0.2) is 29.4 Å². The van der Waals surface area contributed by atoms with Crippen molar-refractivity contribution < 1.29 is 13.2 Å². The van der Waals surface area contributed by atoms with Crippen molar-refractivity contribution in [2.24, 2.45) is 0 Å². The van der Waals surface area contributed by atoms with Crippen LogP contribution in [0.2, 0.25) is 0 Å². The number of benzene rings is 2. The smallest absolute Gasteiger partial charge is 0.275 e. The van der Waals surface area contributed by atoms with Crippen molar-refractivity contribution in [1.29, 1.82) is 0 Å². The van der Waals surface area contributed by atoms with Crippen molar-refractivity contribution >= 4 is 32.2 Å². The molecule has 1 heterocycles. The van der Waals surface area contributed by atoms with Gasteiger partial charge in [0, 0.05) is 11.1 Å². The molecule has 8 heteroatoms. The first-order valence-electron chi connectivity index (χ1n) is 9.96. The quantitative estimate of drug-likeness (QED) is 0.677. The molecule has 1 aliphatic carbocycles. The third-order valence-electron chi connectivity index (χ3n) is 5.55. The van der Waals surface area contributed by atoms with Crippen LogP contribution in [0.4, 0.5) is 5.69 Å². The molecule has 1 N–H and O–H groups in total. The molecule has 0 atom stereocenters. The molecule has 0 aliphatic heterocycles. The summed E-state index contributed by atoms with van der Waals surface area (Å²) in [4.78, 5) is 25.3. The minimum atomic E-state index is -3.33. The minimum Gasteiger partial charge on any atom is -0.324 e. The van der Waals surface area contributed by atoms with Gasteiger partial charge in [0.1, 0.15) is 6.54 Å². The lowest BCUT2D eigenvalue weighted by Gasteiger charge is -2.12. The molecule has 0 radical (unpaired) electrons. The van der Waals surface area contributed by atoms with Crippen LogP contribution < -0.4 is 10.9 Å².